The van der Waals surface area contributed by atoms with Crippen molar-refractivity contribution in [3.8, 4) is 0 Å². The minimum atomic E-state index is -0.528. The third-order valence-electron chi connectivity index (χ3n) is 4.59. The lowest BCUT2D eigenvalue weighted by atomic mass is 10.1. The highest BCUT2D eigenvalue weighted by Crippen LogP contribution is 2.31. The molecule has 1 fully saturated rings. The highest BCUT2D eigenvalue weighted by molar-refractivity contribution is 5.69. The molecule has 9 heteroatoms. The third-order valence-corrected chi connectivity index (χ3v) is 4.59. The smallest absolute Gasteiger partial charge is 0.311 e. The zero-order chi connectivity index (χ0) is 21.2. The average Bonchev–Trinajstić information content (AvgIpc) is 2.61. The number of piperidine rings is 1. The van der Waals surface area contributed by atoms with Crippen LogP contribution in [0.2, 0.25) is 0 Å². The first-order valence-electron chi connectivity index (χ1n) is 9.55. The monoisotopic (exact) mass is 403 g/mol. The molecule has 3 rings (SSSR count). The molecule has 29 heavy (non-hydrogen) atoms. The Balaban J connectivity index is 1.84. The first kappa shape index (κ1) is 20.8. The minimum Gasteiger partial charge on any atom is -0.393 e. The van der Waals surface area contributed by atoms with Crippen molar-refractivity contribution in [2.24, 2.45) is 0 Å². The number of pyridine rings is 1. The molecule has 2 heterocycles. The number of rotatable bonds is 5. The zero-order valence-electron chi connectivity index (χ0n) is 16.8. The molecule has 0 unspecified atom stereocenters. The van der Waals surface area contributed by atoms with Gasteiger partial charge < -0.3 is 20.6 Å². The van der Waals surface area contributed by atoms with Crippen molar-refractivity contribution in [2.45, 2.75) is 45.3 Å². The lowest BCUT2D eigenvalue weighted by Gasteiger charge is -2.31. The highest BCUT2D eigenvalue weighted by Gasteiger charge is 2.21. The molecule has 156 valence electrons. The van der Waals surface area contributed by atoms with Gasteiger partial charge in [-0.2, -0.15) is 0 Å². The molecule has 1 saturated heterocycles. The van der Waals surface area contributed by atoms with Crippen LogP contribution in [0.3, 0.4) is 0 Å². The maximum Gasteiger partial charge on any atom is 0.311 e. The molecule has 2 aromatic rings. The Morgan fingerprint density at radius 3 is 2.52 bits per heavy atom. The van der Waals surface area contributed by atoms with Crippen molar-refractivity contribution >= 4 is 28.7 Å². The van der Waals surface area contributed by atoms with Crippen LogP contribution in [0, 0.1) is 15.9 Å². The second kappa shape index (κ2) is 8.20. The number of aliphatic hydroxyl groups excluding tert-OH is 1. The normalized spacial score (nSPS) is 15.3. The summed E-state index contributed by atoms with van der Waals surface area (Å²) in [5, 5.41) is 27.0. The minimum absolute atomic E-state index is 0.0393. The molecule has 1 aromatic carbocycles. The number of anilines is 4. The van der Waals surface area contributed by atoms with E-state index in [1.165, 1.54) is 12.1 Å². The van der Waals surface area contributed by atoms with E-state index in [0.717, 1.165) is 0 Å². The molecule has 0 bridgehead atoms. The van der Waals surface area contributed by atoms with Crippen molar-refractivity contribution < 1.29 is 14.4 Å². The van der Waals surface area contributed by atoms with Crippen LogP contribution in [0.15, 0.2) is 30.3 Å². The van der Waals surface area contributed by atoms with E-state index < -0.39 is 10.7 Å². The van der Waals surface area contributed by atoms with E-state index in [2.05, 4.69) is 15.6 Å². The van der Waals surface area contributed by atoms with E-state index in [0.29, 0.717) is 43.1 Å². The lowest BCUT2D eigenvalue weighted by molar-refractivity contribution is -0.384. The summed E-state index contributed by atoms with van der Waals surface area (Å²) in [6, 6.07) is 7.52. The maximum absolute atomic E-state index is 14.7. The molecule has 0 radical (unpaired) electrons. The van der Waals surface area contributed by atoms with Crippen molar-refractivity contribution in [1.82, 2.24) is 4.98 Å². The number of nitrogens with zero attached hydrogens (tertiary/aromatic N) is 3. The zero-order valence-corrected chi connectivity index (χ0v) is 16.8. The van der Waals surface area contributed by atoms with Crippen LogP contribution in [-0.4, -0.2) is 39.7 Å². The van der Waals surface area contributed by atoms with E-state index >= 15 is 0 Å². The van der Waals surface area contributed by atoms with Crippen LogP contribution in [0.1, 0.15) is 33.6 Å². The number of benzene rings is 1. The first-order valence-corrected chi connectivity index (χ1v) is 9.55. The first-order chi connectivity index (χ1) is 13.6. The Morgan fingerprint density at radius 2 is 1.93 bits per heavy atom. The van der Waals surface area contributed by atoms with Crippen LogP contribution in [0.4, 0.5) is 33.1 Å². The fraction of sp³-hybridized carbons (Fsp3) is 0.450. The maximum atomic E-state index is 14.7. The van der Waals surface area contributed by atoms with Gasteiger partial charge in [0, 0.05) is 30.4 Å². The van der Waals surface area contributed by atoms with Gasteiger partial charge in [-0.25, -0.2) is 9.37 Å². The summed E-state index contributed by atoms with van der Waals surface area (Å²) in [6.07, 6.45) is 0.863. The highest BCUT2D eigenvalue weighted by atomic mass is 19.1. The van der Waals surface area contributed by atoms with Gasteiger partial charge in [-0.05, 0) is 57.9 Å². The molecule has 1 aliphatic heterocycles. The van der Waals surface area contributed by atoms with Gasteiger partial charge in [0.25, 0.3) is 0 Å². The quantitative estimate of drug-likeness (QED) is 0.511. The molecule has 0 saturated carbocycles. The summed E-state index contributed by atoms with van der Waals surface area (Å²) in [4.78, 5) is 17.0. The number of aromatic nitrogens is 1. The molecule has 0 amide bonds. The molecule has 0 atom stereocenters. The summed E-state index contributed by atoms with van der Waals surface area (Å²) >= 11 is 0. The molecule has 0 spiro atoms. The summed E-state index contributed by atoms with van der Waals surface area (Å²) < 4.78 is 14.7. The molecule has 8 nitrogen and oxygen atoms in total. The van der Waals surface area contributed by atoms with Crippen LogP contribution in [-0.2, 0) is 0 Å². The van der Waals surface area contributed by atoms with Crippen LogP contribution in [0.5, 0.6) is 0 Å². The standard InChI is InChI=1S/C20H26FN5O3/c1-20(2,3)24-18-7-6-17(26(28)29)19(23-18)22-13-4-5-16(15(21)12-13)25-10-8-14(27)9-11-25/h4-7,12,14,27H,8-11H2,1-3H3,(H2,22,23,24). The topological polar surface area (TPSA) is 104 Å². The summed E-state index contributed by atoms with van der Waals surface area (Å²) in [5.74, 6) is 0.0880. The molecular formula is C20H26FN5O3. The summed E-state index contributed by atoms with van der Waals surface area (Å²) in [5.41, 5.74) is 0.356. The second-order valence-corrected chi connectivity index (χ2v) is 8.21. The van der Waals surface area contributed by atoms with Gasteiger partial charge in [0.2, 0.25) is 5.82 Å². The van der Waals surface area contributed by atoms with E-state index in [1.54, 1.807) is 18.2 Å². The van der Waals surface area contributed by atoms with Crippen molar-refractivity contribution in [3.05, 3.63) is 46.3 Å². The van der Waals surface area contributed by atoms with Gasteiger partial charge >= 0.3 is 5.69 Å². The van der Waals surface area contributed by atoms with E-state index in [9.17, 15) is 19.6 Å². The number of hydrogen-bond acceptors (Lipinski definition) is 7. The average molecular weight is 403 g/mol. The van der Waals surface area contributed by atoms with E-state index in [1.807, 2.05) is 25.7 Å². The number of nitrogens with one attached hydrogen (secondary N) is 2. The Bertz CT molecular complexity index is 892. The van der Waals surface area contributed by atoms with Gasteiger partial charge in [-0.1, -0.05) is 0 Å². The molecule has 0 aliphatic carbocycles. The Hall–Kier alpha value is -2.94. The number of nitro groups is 1. The lowest BCUT2D eigenvalue weighted by Crippen LogP contribution is -2.36. The van der Waals surface area contributed by atoms with E-state index in [4.69, 9.17) is 0 Å². The Morgan fingerprint density at radius 1 is 1.24 bits per heavy atom. The molecule has 3 N–H and O–H groups in total. The van der Waals surface area contributed by atoms with Gasteiger partial charge in [-0.3, -0.25) is 10.1 Å². The fourth-order valence-electron chi connectivity index (χ4n) is 3.23. The van der Waals surface area contributed by atoms with Crippen LogP contribution < -0.4 is 15.5 Å². The Labute approximate surface area is 168 Å². The van der Waals surface area contributed by atoms with Crippen molar-refractivity contribution in [3.63, 3.8) is 0 Å². The van der Waals surface area contributed by atoms with Crippen molar-refractivity contribution in [1.29, 1.82) is 0 Å². The van der Waals surface area contributed by atoms with Gasteiger partial charge in [0.15, 0.2) is 0 Å². The van der Waals surface area contributed by atoms with Crippen molar-refractivity contribution in [2.75, 3.05) is 28.6 Å². The predicted molar refractivity (Wildman–Crippen MR) is 111 cm³/mol. The van der Waals surface area contributed by atoms with Gasteiger partial charge in [0.05, 0.1) is 16.7 Å². The summed E-state index contributed by atoms with van der Waals surface area (Å²) in [6.45, 7) is 7.03. The summed E-state index contributed by atoms with van der Waals surface area (Å²) in [7, 11) is 0. The Kier molecular flexibility index (Phi) is 5.88. The largest absolute Gasteiger partial charge is 0.393 e. The molecule has 1 aromatic heterocycles. The molecule has 1 aliphatic rings. The number of hydrogen-bond donors (Lipinski definition) is 3. The van der Waals surface area contributed by atoms with E-state index in [-0.39, 0.29) is 23.1 Å². The van der Waals surface area contributed by atoms with Gasteiger partial charge in [-0.15, -0.1) is 0 Å². The third kappa shape index (κ3) is 5.32. The molecular weight excluding hydrogens is 377 g/mol. The van der Waals surface area contributed by atoms with Crippen LogP contribution >= 0.6 is 0 Å². The SMILES string of the molecule is CC(C)(C)Nc1ccc([N+](=O)[O-])c(Nc2ccc(N3CCC(O)CC3)c(F)c2)n1. The van der Waals surface area contributed by atoms with Crippen LogP contribution in [0.25, 0.3) is 0 Å². The predicted octanol–water partition coefficient (Wildman–Crippen LogP) is 4.04. The van der Waals surface area contributed by atoms with Gasteiger partial charge in [0.1, 0.15) is 11.6 Å². The second-order valence-electron chi connectivity index (χ2n) is 8.21. The number of aliphatic hydroxyl groups is 1. The fourth-order valence-corrected chi connectivity index (χ4v) is 3.23. The number of halogens is 1.